The van der Waals surface area contributed by atoms with Gasteiger partial charge in [-0.3, -0.25) is 9.48 Å². The molecule has 0 aliphatic heterocycles. The highest BCUT2D eigenvalue weighted by molar-refractivity contribution is 5.85. The first-order chi connectivity index (χ1) is 9.15. The Balaban J connectivity index is 2.39. The molecular formula is C15H17FN2O. The van der Waals surface area contributed by atoms with E-state index in [9.17, 15) is 9.18 Å². The Morgan fingerprint density at radius 2 is 2.21 bits per heavy atom. The van der Waals surface area contributed by atoms with Crippen molar-refractivity contribution >= 4 is 6.29 Å². The van der Waals surface area contributed by atoms with Gasteiger partial charge in [-0.15, -0.1) is 0 Å². The number of benzene rings is 1. The van der Waals surface area contributed by atoms with Crippen LogP contribution in [0.3, 0.4) is 0 Å². The van der Waals surface area contributed by atoms with Crippen LogP contribution in [-0.4, -0.2) is 16.1 Å². The maximum Gasteiger partial charge on any atom is 0.153 e. The fourth-order valence-electron chi connectivity index (χ4n) is 1.92. The summed E-state index contributed by atoms with van der Waals surface area (Å²) in [6.45, 7) is 4.58. The van der Waals surface area contributed by atoms with Crippen molar-refractivity contribution in [2.24, 2.45) is 0 Å². The van der Waals surface area contributed by atoms with Crippen LogP contribution in [0.5, 0.6) is 0 Å². The lowest BCUT2D eigenvalue weighted by Crippen LogP contribution is -1.98. The van der Waals surface area contributed by atoms with Crippen LogP contribution in [-0.2, 0) is 6.54 Å². The van der Waals surface area contributed by atoms with E-state index in [4.69, 9.17) is 0 Å². The maximum absolute atomic E-state index is 13.6. The molecule has 0 fully saturated rings. The predicted octanol–water partition coefficient (Wildman–Crippen LogP) is 3.61. The number of hydrogen-bond acceptors (Lipinski definition) is 2. The van der Waals surface area contributed by atoms with Gasteiger partial charge in [-0.2, -0.15) is 5.10 Å². The molecule has 0 N–H and O–H groups in total. The molecule has 0 unspecified atom stereocenters. The molecule has 1 aromatic heterocycles. The lowest BCUT2D eigenvalue weighted by molar-refractivity contribution is 0.112. The molecule has 0 saturated carbocycles. The standard InChI is InChI=1S/C15H17FN2O/c1-3-4-7-18-9-13(10-19)15(17-18)12-6-5-11(2)14(16)8-12/h5-6,8-10H,3-4,7H2,1-2H3. The number of carbonyl (C=O) groups is 1. The Bertz CT molecular complexity index is 590. The summed E-state index contributed by atoms with van der Waals surface area (Å²) in [6.07, 6.45) is 4.55. The first kappa shape index (κ1) is 13.5. The van der Waals surface area contributed by atoms with Crippen LogP contribution in [0, 0.1) is 12.7 Å². The minimum Gasteiger partial charge on any atom is -0.298 e. The van der Waals surface area contributed by atoms with Gasteiger partial charge < -0.3 is 0 Å². The molecule has 1 aromatic carbocycles. The van der Waals surface area contributed by atoms with Gasteiger partial charge in [0.05, 0.1) is 5.56 Å². The van der Waals surface area contributed by atoms with E-state index >= 15 is 0 Å². The van der Waals surface area contributed by atoms with Gasteiger partial charge in [0.2, 0.25) is 0 Å². The molecule has 1 heterocycles. The molecular weight excluding hydrogens is 243 g/mol. The van der Waals surface area contributed by atoms with Crippen LogP contribution < -0.4 is 0 Å². The largest absolute Gasteiger partial charge is 0.298 e. The number of aryl methyl sites for hydroxylation is 2. The average molecular weight is 260 g/mol. The first-order valence-electron chi connectivity index (χ1n) is 6.45. The van der Waals surface area contributed by atoms with E-state index in [1.807, 2.05) is 0 Å². The molecule has 0 radical (unpaired) electrons. The third-order valence-electron chi connectivity index (χ3n) is 3.10. The van der Waals surface area contributed by atoms with Crippen LogP contribution in [0.25, 0.3) is 11.3 Å². The van der Waals surface area contributed by atoms with Crippen LogP contribution >= 0.6 is 0 Å². The molecule has 0 spiro atoms. The van der Waals surface area contributed by atoms with Crippen LogP contribution in [0.4, 0.5) is 4.39 Å². The summed E-state index contributed by atoms with van der Waals surface area (Å²) in [5, 5.41) is 4.38. The Morgan fingerprint density at radius 3 is 2.84 bits per heavy atom. The highest BCUT2D eigenvalue weighted by atomic mass is 19.1. The fourth-order valence-corrected chi connectivity index (χ4v) is 1.92. The number of nitrogens with zero attached hydrogens (tertiary/aromatic N) is 2. The van der Waals surface area contributed by atoms with Gasteiger partial charge in [0.1, 0.15) is 11.5 Å². The van der Waals surface area contributed by atoms with Crippen LogP contribution in [0.1, 0.15) is 35.7 Å². The zero-order valence-electron chi connectivity index (χ0n) is 11.2. The molecule has 0 saturated heterocycles. The molecule has 3 nitrogen and oxygen atoms in total. The first-order valence-corrected chi connectivity index (χ1v) is 6.45. The number of carbonyl (C=O) groups excluding carboxylic acids is 1. The number of hydrogen-bond donors (Lipinski definition) is 0. The van der Waals surface area contributed by atoms with Crippen LogP contribution in [0.2, 0.25) is 0 Å². The number of halogens is 1. The van der Waals surface area contributed by atoms with Crippen molar-refractivity contribution < 1.29 is 9.18 Å². The highest BCUT2D eigenvalue weighted by Gasteiger charge is 2.12. The smallest absolute Gasteiger partial charge is 0.153 e. The Kier molecular flexibility index (Phi) is 4.10. The van der Waals surface area contributed by atoms with E-state index in [0.29, 0.717) is 22.4 Å². The lowest BCUT2D eigenvalue weighted by Gasteiger charge is -2.01. The number of aldehydes is 1. The second-order valence-electron chi connectivity index (χ2n) is 4.63. The van der Waals surface area contributed by atoms with Gasteiger partial charge in [0.25, 0.3) is 0 Å². The van der Waals surface area contributed by atoms with Crippen molar-refractivity contribution in [3.63, 3.8) is 0 Å². The summed E-state index contributed by atoms with van der Waals surface area (Å²) in [7, 11) is 0. The van der Waals surface area contributed by atoms with Gasteiger partial charge in [0.15, 0.2) is 6.29 Å². The van der Waals surface area contributed by atoms with Crippen molar-refractivity contribution in [3.8, 4) is 11.3 Å². The molecule has 0 amide bonds. The summed E-state index contributed by atoms with van der Waals surface area (Å²) in [4.78, 5) is 11.1. The molecule has 4 heteroatoms. The minimum absolute atomic E-state index is 0.280. The van der Waals surface area contributed by atoms with Crippen molar-refractivity contribution in [1.82, 2.24) is 9.78 Å². The Hall–Kier alpha value is -1.97. The van der Waals surface area contributed by atoms with E-state index < -0.39 is 0 Å². The van der Waals surface area contributed by atoms with E-state index in [0.717, 1.165) is 25.7 Å². The quantitative estimate of drug-likeness (QED) is 0.770. The summed E-state index contributed by atoms with van der Waals surface area (Å²) in [6, 6.07) is 4.91. The summed E-state index contributed by atoms with van der Waals surface area (Å²) >= 11 is 0. The summed E-state index contributed by atoms with van der Waals surface area (Å²) < 4.78 is 15.3. The molecule has 0 atom stereocenters. The van der Waals surface area contributed by atoms with Crippen molar-refractivity contribution in [1.29, 1.82) is 0 Å². The predicted molar refractivity (Wildman–Crippen MR) is 72.7 cm³/mol. The lowest BCUT2D eigenvalue weighted by atomic mass is 10.1. The molecule has 0 aliphatic rings. The van der Waals surface area contributed by atoms with Gasteiger partial charge in [-0.1, -0.05) is 25.5 Å². The van der Waals surface area contributed by atoms with Crippen LogP contribution in [0.15, 0.2) is 24.4 Å². The van der Waals surface area contributed by atoms with E-state index in [2.05, 4.69) is 12.0 Å². The summed E-state index contributed by atoms with van der Waals surface area (Å²) in [5.41, 5.74) is 2.27. The van der Waals surface area contributed by atoms with Gasteiger partial charge in [0, 0.05) is 18.3 Å². The Morgan fingerprint density at radius 1 is 1.42 bits per heavy atom. The highest BCUT2D eigenvalue weighted by Crippen LogP contribution is 2.23. The molecule has 0 aliphatic carbocycles. The second kappa shape index (κ2) is 5.78. The van der Waals surface area contributed by atoms with Gasteiger partial charge in [-0.05, 0) is 25.0 Å². The topological polar surface area (TPSA) is 34.9 Å². The fraction of sp³-hybridized carbons (Fsp3) is 0.333. The average Bonchev–Trinajstić information content (AvgIpc) is 2.83. The number of unbranched alkanes of at least 4 members (excludes halogenated alkanes) is 1. The van der Waals surface area contributed by atoms with E-state index in [1.165, 1.54) is 6.07 Å². The van der Waals surface area contributed by atoms with Gasteiger partial charge >= 0.3 is 0 Å². The van der Waals surface area contributed by atoms with Gasteiger partial charge in [-0.25, -0.2) is 4.39 Å². The zero-order chi connectivity index (χ0) is 13.8. The number of rotatable bonds is 5. The second-order valence-corrected chi connectivity index (χ2v) is 4.63. The maximum atomic E-state index is 13.6. The molecule has 100 valence electrons. The number of aromatic nitrogens is 2. The minimum atomic E-state index is -0.280. The van der Waals surface area contributed by atoms with E-state index in [-0.39, 0.29) is 5.82 Å². The third-order valence-corrected chi connectivity index (χ3v) is 3.10. The summed E-state index contributed by atoms with van der Waals surface area (Å²) in [5.74, 6) is -0.280. The van der Waals surface area contributed by atoms with Crippen molar-refractivity contribution in [2.75, 3.05) is 0 Å². The molecule has 2 aromatic rings. The monoisotopic (exact) mass is 260 g/mol. The molecule has 0 bridgehead atoms. The Labute approximate surface area is 112 Å². The zero-order valence-corrected chi connectivity index (χ0v) is 11.2. The SMILES string of the molecule is CCCCn1cc(C=O)c(-c2ccc(C)c(F)c2)n1. The van der Waals surface area contributed by atoms with E-state index in [1.54, 1.807) is 29.9 Å². The molecule has 19 heavy (non-hydrogen) atoms. The molecule has 2 rings (SSSR count). The van der Waals surface area contributed by atoms with Crippen molar-refractivity contribution in [3.05, 3.63) is 41.3 Å². The normalized spacial score (nSPS) is 10.7. The van der Waals surface area contributed by atoms with Crippen molar-refractivity contribution in [2.45, 2.75) is 33.2 Å². The third kappa shape index (κ3) is 2.89.